The van der Waals surface area contributed by atoms with Gasteiger partial charge in [0.1, 0.15) is 6.10 Å². The summed E-state index contributed by atoms with van der Waals surface area (Å²) >= 11 is 0. The van der Waals surface area contributed by atoms with E-state index in [1.807, 2.05) is 23.1 Å². The number of carbonyl (C=O) groups excluding carboxylic acids is 1. The van der Waals surface area contributed by atoms with E-state index in [1.165, 1.54) is 0 Å². The van der Waals surface area contributed by atoms with Gasteiger partial charge in [-0.1, -0.05) is 44.2 Å². The third kappa shape index (κ3) is 6.62. The second kappa shape index (κ2) is 9.70. The summed E-state index contributed by atoms with van der Waals surface area (Å²) in [6, 6.07) is 10.6. The number of benzene rings is 1. The molecule has 0 fully saturated rings. The maximum absolute atomic E-state index is 12.3. The SMILES string of the molecule is CCC(CC)N(OC(C)c1ccccc1)C(C)(C)CN(C(C)=O)C(C)(C)C. The van der Waals surface area contributed by atoms with Crippen LogP contribution in [0.1, 0.15) is 86.8 Å². The van der Waals surface area contributed by atoms with E-state index in [1.54, 1.807) is 6.92 Å². The zero-order valence-electron chi connectivity index (χ0n) is 18.9. The van der Waals surface area contributed by atoms with Gasteiger partial charge in [-0.15, -0.1) is 0 Å². The minimum absolute atomic E-state index is 0.0495. The van der Waals surface area contributed by atoms with Crippen molar-refractivity contribution in [3.8, 4) is 0 Å². The van der Waals surface area contributed by atoms with E-state index in [2.05, 4.69) is 72.6 Å². The Hall–Kier alpha value is -1.39. The third-order valence-electron chi connectivity index (χ3n) is 5.15. The molecule has 0 N–H and O–H groups in total. The van der Waals surface area contributed by atoms with Crippen LogP contribution in [0.4, 0.5) is 0 Å². The average Bonchev–Trinajstić information content (AvgIpc) is 2.59. The van der Waals surface area contributed by atoms with Gasteiger partial charge in [0.25, 0.3) is 0 Å². The lowest BCUT2D eigenvalue weighted by Crippen LogP contribution is -2.59. The van der Waals surface area contributed by atoms with Gasteiger partial charge in [0.15, 0.2) is 0 Å². The van der Waals surface area contributed by atoms with E-state index >= 15 is 0 Å². The molecule has 1 aromatic rings. The summed E-state index contributed by atoms with van der Waals surface area (Å²) in [5, 5.41) is 2.15. The number of hydrogen-bond acceptors (Lipinski definition) is 3. The molecule has 4 heteroatoms. The van der Waals surface area contributed by atoms with Crippen LogP contribution in [0.25, 0.3) is 0 Å². The highest BCUT2D eigenvalue weighted by atomic mass is 16.7. The summed E-state index contributed by atoms with van der Waals surface area (Å²) in [4.78, 5) is 20.8. The van der Waals surface area contributed by atoms with Gasteiger partial charge in [-0.2, -0.15) is 5.06 Å². The fourth-order valence-electron chi connectivity index (χ4n) is 3.58. The minimum atomic E-state index is -0.321. The van der Waals surface area contributed by atoms with E-state index in [4.69, 9.17) is 4.84 Å². The zero-order valence-corrected chi connectivity index (χ0v) is 18.9. The highest BCUT2D eigenvalue weighted by molar-refractivity contribution is 5.74. The summed E-state index contributed by atoms with van der Waals surface area (Å²) in [5.74, 6) is 0.0937. The Kier molecular flexibility index (Phi) is 8.49. The van der Waals surface area contributed by atoms with E-state index in [9.17, 15) is 4.79 Å². The number of nitrogens with zero attached hydrogens (tertiary/aromatic N) is 2. The van der Waals surface area contributed by atoms with Gasteiger partial charge in [-0.25, -0.2) is 0 Å². The van der Waals surface area contributed by atoms with Crippen LogP contribution in [0.5, 0.6) is 0 Å². The van der Waals surface area contributed by atoms with E-state index in [0.717, 1.165) is 18.4 Å². The van der Waals surface area contributed by atoms with Crippen LogP contribution in [0, 0.1) is 0 Å². The Morgan fingerprint density at radius 1 is 1.04 bits per heavy atom. The summed E-state index contributed by atoms with van der Waals surface area (Å²) in [6.07, 6.45) is 1.94. The van der Waals surface area contributed by atoms with Crippen molar-refractivity contribution in [1.29, 1.82) is 0 Å². The molecule has 1 rings (SSSR count). The van der Waals surface area contributed by atoms with Gasteiger partial charge >= 0.3 is 0 Å². The largest absolute Gasteiger partial charge is 0.336 e. The highest BCUT2D eigenvalue weighted by Gasteiger charge is 2.38. The molecular formula is C23H40N2O2. The first-order chi connectivity index (χ1) is 12.4. The summed E-state index contributed by atoms with van der Waals surface area (Å²) in [5.41, 5.74) is 0.607. The smallest absolute Gasteiger partial charge is 0.219 e. The van der Waals surface area contributed by atoms with Crippen LogP contribution in [0.2, 0.25) is 0 Å². The number of carbonyl (C=O) groups is 1. The number of amides is 1. The summed E-state index contributed by atoms with van der Waals surface area (Å²) in [7, 11) is 0. The molecule has 1 unspecified atom stereocenters. The van der Waals surface area contributed by atoms with Crippen LogP contribution in [-0.2, 0) is 9.63 Å². The standard InChI is InChI=1S/C23H40N2O2/c1-10-21(11-2)25(27-18(3)20-15-13-12-14-16-20)23(8,9)17-24(19(4)26)22(5,6)7/h12-16,18,21H,10-11,17H2,1-9H3. The normalized spacial score (nSPS) is 13.9. The summed E-state index contributed by atoms with van der Waals surface area (Å²) in [6.45, 7) is 19.3. The summed E-state index contributed by atoms with van der Waals surface area (Å²) < 4.78 is 0. The lowest BCUT2D eigenvalue weighted by atomic mass is 9.96. The van der Waals surface area contributed by atoms with E-state index < -0.39 is 0 Å². The molecule has 0 bridgehead atoms. The predicted octanol–water partition coefficient (Wildman–Crippen LogP) is 5.60. The number of rotatable bonds is 9. The Bertz CT molecular complexity index is 574. The van der Waals surface area contributed by atoms with Gasteiger partial charge in [-0.05, 0) is 59.9 Å². The molecule has 154 valence electrons. The van der Waals surface area contributed by atoms with Crippen molar-refractivity contribution >= 4 is 5.91 Å². The predicted molar refractivity (Wildman–Crippen MR) is 113 cm³/mol. The lowest BCUT2D eigenvalue weighted by molar-refractivity contribution is -0.272. The van der Waals surface area contributed by atoms with E-state index in [-0.39, 0.29) is 23.1 Å². The number of hydroxylamine groups is 2. The maximum atomic E-state index is 12.3. The molecule has 0 radical (unpaired) electrons. The van der Waals surface area contributed by atoms with Crippen molar-refractivity contribution < 1.29 is 9.63 Å². The Labute approximate surface area is 166 Å². The molecule has 1 amide bonds. The average molecular weight is 377 g/mol. The molecule has 0 aliphatic carbocycles. The van der Waals surface area contributed by atoms with Gasteiger partial charge in [0, 0.05) is 25.0 Å². The van der Waals surface area contributed by atoms with Gasteiger partial charge in [0.2, 0.25) is 5.91 Å². The van der Waals surface area contributed by atoms with Crippen LogP contribution in [0.15, 0.2) is 30.3 Å². The first kappa shape index (κ1) is 23.6. The molecule has 27 heavy (non-hydrogen) atoms. The molecule has 0 heterocycles. The maximum Gasteiger partial charge on any atom is 0.219 e. The zero-order chi connectivity index (χ0) is 20.8. The van der Waals surface area contributed by atoms with Crippen molar-refractivity contribution in [2.24, 2.45) is 0 Å². The fourth-order valence-corrected chi connectivity index (χ4v) is 3.58. The molecule has 1 atom stereocenters. The fraction of sp³-hybridized carbons (Fsp3) is 0.696. The van der Waals surface area contributed by atoms with Crippen LogP contribution in [0.3, 0.4) is 0 Å². The van der Waals surface area contributed by atoms with Crippen molar-refractivity contribution in [1.82, 2.24) is 9.96 Å². The van der Waals surface area contributed by atoms with Gasteiger partial charge in [-0.3, -0.25) is 9.63 Å². The topological polar surface area (TPSA) is 32.8 Å². The Morgan fingerprint density at radius 2 is 1.56 bits per heavy atom. The molecule has 0 aliphatic heterocycles. The molecule has 0 saturated heterocycles. The quantitative estimate of drug-likeness (QED) is 0.526. The lowest BCUT2D eigenvalue weighted by Gasteiger charge is -2.48. The molecule has 0 aromatic heterocycles. The molecular weight excluding hydrogens is 336 g/mol. The molecule has 0 spiro atoms. The van der Waals surface area contributed by atoms with Crippen LogP contribution < -0.4 is 0 Å². The third-order valence-corrected chi connectivity index (χ3v) is 5.15. The van der Waals surface area contributed by atoms with Crippen LogP contribution >= 0.6 is 0 Å². The second-order valence-corrected chi connectivity index (χ2v) is 9.04. The molecule has 0 aliphatic rings. The molecule has 0 saturated carbocycles. The first-order valence-corrected chi connectivity index (χ1v) is 10.2. The van der Waals surface area contributed by atoms with Crippen molar-refractivity contribution in [3.63, 3.8) is 0 Å². The first-order valence-electron chi connectivity index (χ1n) is 10.2. The Balaban J connectivity index is 3.15. The number of hydrogen-bond donors (Lipinski definition) is 0. The minimum Gasteiger partial charge on any atom is -0.336 e. The molecule has 4 nitrogen and oxygen atoms in total. The van der Waals surface area contributed by atoms with Crippen molar-refractivity contribution in [2.75, 3.05) is 6.54 Å². The second-order valence-electron chi connectivity index (χ2n) is 9.04. The van der Waals surface area contributed by atoms with Crippen molar-refractivity contribution in [3.05, 3.63) is 35.9 Å². The van der Waals surface area contributed by atoms with Crippen molar-refractivity contribution in [2.45, 2.75) is 98.4 Å². The Morgan fingerprint density at radius 3 is 1.96 bits per heavy atom. The molecule has 1 aromatic carbocycles. The van der Waals surface area contributed by atoms with E-state index in [0.29, 0.717) is 12.6 Å². The van der Waals surface area contributed by atoms with Gasteiger partial charge in [0.05, 0.1) is 5.54 Å². The highest BCUT2D eigenvalue weighted by Crippen LogP contribution is 2.30. The van der Waals surface area contributed by atoms with Gasteiger partial charge < -0.3 is 4.90 Å². The monoisotopic (exact) mass is 376 g/mol. The van der Waals surface area contributed by atoms with Crippen LogP contribution in [-0.4, -0.2) is 39.5 Å².